The van der Waals surface area contributed by atoms with E-state index in [9.17, 15) is 0 Å². The number of rotatable bonds is 0. The monoisotopic (exact) mass is 367 g/mol. The summed E-state index contributed by atoms with van der Waals surface area (Å²) in [6.07, 6.45) is 10.0. The van der Waals surface area contributed by atoms with E-state index in [1.165, 1.54) is 0 Å². The SMILES string of the molecule is [CH]1C=CC=C1.[I][Ti][I]. The first kappa shape index (κ1) is 9.65. The third-order valence-electron chi connectivity index (χ3n) is 0.556. The van der Waals surface area contributed by atoms with Gasteiger partial charge in [0.2, 0.25) is 0 Å². The standard InChI is InChI=1S/C5H5.2HI.Ti/c1-2-4-5-3-1;;;/h1-5H;2*1H;/q;;;+2/p-2. The van der Waals surface area contributed by atoms with Gasteiger partial charge in [-0.3, -0.25) is 0 Å². The van der Waals surface area contributed by atoms with E-state index in [0.29, 0.717) is 11.7 Å². The molecule has 0 aliphatic heterocycles. The summed E-state index contributed by atoms with van der Waals surface area (Å²) in [5.41, 5.74) is 0. The van der Waals surface area contributed by atoms with E-state index in [1.807, 2.05) is 30.7 Å². The molecule has 0 saturated carbocycles. The van der Waals surface area contributed by atoms with E-state index < -0.39 is 0 Å². The first-order chi connectivity index (χ1) is 3.91. The zero-order chi connectivity index (χ0) is 6.24. The van der Waals surface area contributed by atoms with E-state index in [2.05, 4.69) is 38.4 Å². The zero-order valence-corrected chi connectivity index (χ0v) is 10.0. The predicted molar refractivity (Wildman–Crippen MR) is 50.6 cm³/mol. The number of hydrogen-bond donors (Lipinski definition) is 0. The Morgan fingerprint density at radius 1 is 0.875 bits per heavy atom. The molecule has 0 saturated heterocycles. The van der Waals surface area contributed by atoms with Gasteiger partial charge < -0.3 is 0 Å². The van der Waals surface area contributed by atoms with Crippen molar-refractivity contribution in [3.05, 3.63) is 30.7 Å². The van der Waals surface area contributed by atoms with Crippen LogP contribution in [0, 0.1) is 6.42 Å². The second-order valence-corrected chi connectivity index (χ2v) is 14.2. The van der Waals surface area contributed by atoms with Crippen molar-refractivity contribution in [3.8, 4) is 0 Å². The first-order valence-corrected chi connectivity index (χ1v) is 12.1. The van der Waals surface area contributed by atoms with E-state index in [0.717, 1.165) is 0 Å². The summed E-state index contributed by atoms with van der Waals surface area (Å²) < 4.78 is 0. The molecule has 0 aromatic heterocycles. The summed E-state index contributed by atoms with van der Waals surface area (Å²) in [5.74, 6) is 0. The quantitative estimate of drug-likeness (QED) is 0.456. The van der Waals surface area contributed by atoms with Crippen molar-refractivity contribution in [2.24, 2.45) is 0 Å². The fourth-order valence-electron chi connectivity index (χ4n) is 0.321. The molecule has 0 N–H and O–H groups in total. The second-order valence-electron chi connectivity index (χ2n) is 1.03. The summed E-state index contributed by atoms with van der Waals surface area (Å²) in [7, 11) is 0. The summed E-state index contributed by atoms with van der Waals surface area (Å²) >= 11 is 5.24. The number of halogens is 2. The average Bonchev–Trinajstić information content (AvgIpc) is 2.17. The molecule has 0 fully saturated rings. The van der Waals surface area contributed by atoms with Gasteiger partial charge >= 0.3 is 50.0 Å². The molecule has 0 aromatic rings. The summed E-state index contributed by atoms with van der Waals surface area (Å²) in [5, 5.41) is 0. The van der Waals surface area contributed by atoms with Crippen molar-refractivity contribution in [1.82, 2.24) is 0 Å². The third-order valence-corrected chi connectivity index (χ3v) is 0.556. The van der Waals surface area contributed by atoms with Crippen molar-refractivity contribution >= 4 is 38.4 Å². The van der Waals surface area contributed by atoms with Gasteiger partial charge in [-0.1, -0.05) is 24.3 Å². The Hall–Kier alpha value is 1.65. The molecule has 1 aliphatic rings. The van der Waals surface area contributed by atoms with Crippen LogP contribution in [0.2, 0.25) is 0 Å². The fraction of sp³-hybridized carbons (Fsp3) is 0. The molecule has 1 radical (unpaired) electrons. The minimum absolute atomic E-state index is 0.440. The molecule has 3 heteroatoms. The van der Waals surface area contributed by atoms with Crippen LogP contribution >= 0.6 is 38.4 Å². The number of allylic oxidation sites excluding steroid dienone is 4. The Labute approximate surface area is 79.5 Å². The maximum atomic E-state index is 2.40. The Kier molecular flexibility index (Phi) is 10.4. The van der Waals surface area contributed by atoms with Gasteiger partial charge in [-0.15, -0.1) is 0 Å². The van der Waals surface area contributed by atoms with E-state index in [4.69, 9.17) is 0 Å². The molecular weight excluding hydrogens is 362 g/mol. The van der Waals surface area contributed by atoms with Crippen molar-refractivity contribution in [2.75, 3.05) is 0 Å². The van der Waals surface area contributed by atoms with E-state index >= 15 is 0 Å². The molecule has 0 bridgehead atoms. The summed E-state index contributed by atoms with van der Waals surface area (Å²) in [4.78, 5) is 0. The van der Waals surface area contributed by atoms with Crippen molar-refractivity contribution in [2.45, 2.75) is 0 Å². The zero-order valence-electron chi connectivity index (χ0n) is 4.14. The van der Waals surface area contributed by atoms with Gasteiger partial charge in [0.15, 0.2) is 0 Å². The van der Waals surface area contributed by atoms with E-state index in [1.54, 1.807) is 0 Å². The fourth-order valence-corrected chi connectivity index (χ4v) is 0.321. The molecule has 43 valence electrons. The molecule has 1 aliphatic carbocycles. The molecule has 0 nitrogen and oxygen atoms in total. The van der Waals surface area contributed by atoms with Crippen LogP contribution in [-0.4, -0.2) is 0 Å². The number of hydrogen-bond acceptors (Lipinski definition) is 0. The molecule has 1 rings (SSSR count). The average molecular weight is 367 g/mol. The van der Waals surface area contributed by atoms with Crippen LogP contribution in [0.1, 0.15) is 0 Å². The van der Waals surface area contributed by atoms with Crippen LogP contribution < -0.4 is 0 Å². The third kappa shape index (κ3) is 7.65. The summed E-state index contributed by atoms with van der Waals surface area (Å²) in [6, 6.07) is 0. The molecule has 0 aromatic carbocycles. The Morgan fingerprint density at radius 3 is 1.38 bits per heavy atom. The van der Waals surface area contributed by atoms with Crippen LogP contribution in [0.4, 0.5) is 0 Å². The normalized spacial score (nSPS) is 12.8. The van der Waals surface area contributed by atoms with Crippen molar-refractivity contribution in [1.29, 1.82) is 0 Å². The van der Waals surface area contributed by atoms with Gasteiger partial charge in [0, 0.05) is 6.42 Å². The maximum absolute atomic E-state index is 2.40. The minimum atomic E-state index is 0.440. The molecule has 8 heavy (non-hydrogen) atoms. The Balaban J connectivity index is 0.000000145. The van der Waals surface area contributed by atoms with Gasteiger partial charge in [0.1, 0.15) is 0 Å². The van der Waals surface area contributed by atoms with Gasteiger partial charge in [-0.05, 0) is 0 Å². The molecule has 0 atom stereocenters. The van der Waals surface area contributed by atoms with Crippen molar-refractivity contribution in [3.63, 3.8) is 0 Å². The van der Waals surface area contributed by atoms with Gasteiger partial charge in [0.25, 0.3) is 0 Å². The first-order valence-electron chi connectivity index (χ1n) is 2.04. The van der Waals surface area contributed by atoms with Crippen molar-refractivity contribution < 1.29 is 11.7 Å². The molecule has 0 heterocycles. The molecule has 0 spiro atoms. The van der Waals surface area contributed by atoms with Crippen LogP contribution in [0.3, 0.4) is 0 Å². The summed E-state index contributed by atoms with van der Waals surface area (Å²) in [6.45, 7) is 0. The van der Waals surface area contributed by atoms with Crippen LogP contribution in [0.15, 0.2) is 24.3 Å². The molecule has 0 amide bonds. The second kappa shape index (κ2) is 8.65. The van der Waals surface area contributed by atoms with Gasteiger partial charge in [-0.25, -0.2) is 0 Å². The Bertz CT molecular complexity index is 78.4. The molecular formula is C5H5I2Ti. The topological polar surface area (TPSA) is 0 Å². The van der Waals surface area contributed by atoms with E-state index in [-0.39, 0.29) is 0 Å². The van der Waals surface area contributed by atoms with Crippen LogP contribution in [-0.2, 0) is 11.7 Å². The van der Waals surface area contributed by atoms with Gasteiger partial charge in [-0.2, -0.15) is 0 Å². The molecule has 0 unspecified atom stereocenters. The van der Waals surface area contributed by atoms with Crippen LogP contribution in [0.5, 0.6) is 0 Å². The Morgan fingerprint density at radius 2 is 1.25 bits per heavy atom. The van der Waals surface area contributed by atoms with Crippen LogP contribution in [0.25, 0.3) is 0 Å². The van der Waals surface area contributed by atoms with Gasteiger partial charge in [0.05, 0.1) is 0 Å². The predicted octanol–water partition coefficient (Wildman–Crippen LogP) is 3.09.